The quantitative estimate of drug-likeness (QED) is 0.614. The first-order valence-electron chi connectivity index (χ1n) is 9.03. The van der Waals surface area contributed by atoms with Crippen molar-refractivity contribution in [3.05, 3.63) is 60.2 Å². The van der Waals surface area contributed by atoms with Crippen molar-refractivity contribution in [2.75, 3.05) is 6.61 Å². The van der Waals surface area contributed by atoms with Crippen molar-refractivity contribution in [2.45, 2.75) is 25.7 Å². The van der Waals surface area contributed by atoms with E-state index in [0.29, 0.717) is 12.3 Å². The Kier molecular flexibility index (Phi) is 5.97. The SMILES string of the molecule is Cl.O=C(O)CCc1cc(-c2cccc(OCC3CC3)c2)nc2ccccc12. The van der Waals surface area contributed by atoms with E-state index < -0.39 is 5.97 Å². The molecule has 1 saturated carbocycles. The number of aryl methyl sites for hydroxylation is 1. The van der Waals surface area contributed by atoms with E-state index >= 15 is 0 Å². The van der Waals surface area contributed by atoms with Crippen LogP contribution in [0.1, 0.15) is 24.8 Å². The van der Waals surface area contributed by atoms with E-state index in [1.165, 1.54) is 12.8 Å². The zero-order valence-electron chi connectivity index (χ0n) is 14.9. The van der Waals surface area contributed by atoms with Gasteiger partial charge in [0, 0.05) is 17.4 Å². The summed E-state index contributed by atoms with van der Waals surface area (Å²) in [6, 6.07) is 17.9. The molecule has 4 rings (SSSR count). The number of benzene rings is 2. The average molecular weight is 384 g/mol. The molecule has 1 fully saturated rings. The molecule has 140 valence electrons. The van der Waals surface area contributed by atoms with Gasteiger partial charge in [0.25, 0.3) is 0 Å². The van der Waals surface area contributed by atoms with Crippen LogP contribution in [-0.4, -0.2) is 22.7 Å². The lowest BCUT2D eigenvalue weighted by atomic mass is 10.0. The molecule has 1 N–H and O–H groups in total. The van der Waals surface area contributed by atoms with Gasteiger partial charge in [-0.05, 0) is 55.0 Å². The van der Waals surface area contributed by atoms with Crippen molar-refractivity contribution in [2.24, 2.45) is 5.92 Å². The maximum absolute atomic E-state index is 11.0. The Balaban J connectivity index is 0.00000210. The topological polar surface area (TPSA) is 59.4 Å². The molecule has 1 heterocycles. The first-order valence-corrected chi connectivity index (χ1v) is 9.03. The summed E-state index contributed by atoms with van der Waals surface area (Å²) in [6.45, 7) is 0.776. The summed E-state index contributed by atoms with van der Waals surface area (Å²) in [5.41, 5.74) is 3.73. The number of carboxylic acids is 1. The molecule has 0 amide bonds. The van der Waals surface area contributed by atoms with E-state index in [9.17, 15) is 4.79 Å². The van der Waals surface area contributed by atoms with Gasteiger partial charge in [-0.2, -0.15) is 0 Å². The number of nitrogens with zero attached hydrogens (tertiary/aromatic N) is 1. The van der Waals surface area contributed by atoms with Gasteiger partial charge in [0.15, 0.2) is 0 Å². The Morgan fingerprint density at radius 1 is 1.11 bits per heavy atom. The second-order valence-electron chi connectivity index (χ2n) is 6.86. The Labute approximate surface area is 164 Å². The Morgan fingerprint density at radius 2 is 1.93 bits per heavy atom. The highest BCUT2D eigenvalue weighted by Gasteiger charge is 2.22. The normalized spacial score (nSPS) is 13.2. The van der Waals surface area contributed by atoms with E-state index in [1.54, 1.807) is 0 Å². The van der Waals surface area contributed by atoms with E-state index in [1.807, 2.05) is 54.6 Å². The van der Waals surface area contributed by atoms with Crippen LogP contribution in [0.2, 0.25) is 0 Å². The lowest BCUT2D eigenvalue weighted by Gasteiger charge is -2.11. The van der Waals surface area contributed by atoms with E-state index in [2.05, 4.69) is 0 Å². The maximum atomic E-state index is 11.0. The fraction of sp³-hybridized carbons (Fsp3) is 0.273. The van der Waals surface area contributed by atoms with Crippen molar-refractivity contribution >= 4 is 29.3 Å². The molecule has 0 unspecified atom stereocenters. The van der Waals surface area contributed by atoms with Gasteiger partial charge < -0.3 is 9.84 Å². The number of carbonyl (C=O) groups is 1. The highest BCUT2D eigenvalue weighted by molar-refractivity contribution is 5.86. The molecule has 2 aromatic carbocycles. The lowest BCUT2D eigenvalue weighted by Crippen LogP contribution is -2.00. The number of aliphatic carboxylic acids is 1. The number of carboxylic acid groups (broad SMARTS) is 1. The number of ether oxygens (including phenoxy) is 1. The van der Waals surface area contributed by atoms with E-state index in [-0.39, 0.29) is 18.8 Å². The second kappa shape index (κ2) is 8.40. The molecule has 0 saturated heterocycles. The van der Waals surface area contributed by atoms with Crippen molar-refractivity contribution in [1.29, 1.82) is 0 Å². The van der Waals surface area contributed by atoms with Crippen LogP contribution in [0, 0.1) is 5.92 Å². The standard InChI is InChI=1S/C22H21NO3.ClH/c24-22(25)11-10-16-13-21(23-20-7-2-1-6-19(16)20)17-4-3-5-18(12-17)26-14-15-8-9-15;/h1-7,12-13,15H,8-11,14H2,(H,24,25);1H. The van der Waals surface area contributed by atoms with Gasteiger partial charge in [0.05, 0.1) is 17.8 Å². The molecule has 0 atom stereocenters. The summed E-state index contributed by atoms with van der Waals surface area (Å²) in [4.78, 5) is 15.8. The van der Waals surface area contributed by atoms with Gasteiger partial charge in [-0.15, -0.1) is 12.4 Å². The number of hydrogen-bond acceptors (Lipinski definition) is 3. The second-order valence-corrected chi connectivity index (χ2v) is 6.86. The van der Waals surface area contributed by atoms with Crippen LogP contribution in [-0.2, 0) is 11.2 Å². The number of aromatic nitrogens is 1. The predicted octanol–water partition coefficient (Wildman–Crippen LogP) is 5.13. The monoisotopic (exact) mass is 383 g/mol. The van der Waals surface area contributed by atoms with E-state index in [4.69, 9.17) is 14.8 Å². The molecule has 0 bridgehead atoms. The molecular formula is C22H22ClNO3. The Bertz CT molecular complexity index is 953. The third kappa shape index (κ3) is 4.77. The minimum absolute atomic E-state index is 0. The van der Waals surface area contributed by atoms with Gasteiger partial charge in [0.1, 0.15) is 5.75 Å². The molecule has 0 spiro atoms. The van der Waals surface area contributed by atoms with Gasteiger partial charge in [0.2, 0.25) is 0 Å². The highest BCUT2D eigenvalue weighted by atomic mass is 35.5. The summed E-state index contributed by atoms with van der Waals surface area (Å²) < 4.78 is 5.88. The Hall–Kier alpha value is -2.59. The van der Waals surface area contributed by atoms with Gasteiger partial charge >= 0.3 is 5.97 Å². The van der Waals surface area contributed by atoms with Crippen LogP contribution < -0.4 is 4.74 Å². The summed E-state index contributed by atoms with van der Waals surface area (Å²) >= 11 is 0. The number of para-hydroxylation sites is 1. The van der Waals surface area contributed by atoms with Crippen LogP contribution in [0.3, 0.4) is 0 Å². The van der Waals surface area contributed by atoms with E-state index in [0.717, 1.165) is 40.1 Å². The molecule has 0 radical (unpaired) electrons. The molecule has 27 heavy (non-hydrogen) atoms. The molecular weight excluding hydrogens is 362 g/mol. The average Bonchev–Trinajstić information content (AvgIpc) is 3.49. The maximum Gasteiger partial charge on any atom is 0.303 e. The summed E-state index contributed by atoms with van der Waals surface area (Å²) in [6.07, 6.45) is 3.12. The number of fused-ring (bicyclic) bond motifs is 1. The number of hydrogen-bond donors (Lipinski definition) is 1. The lowest BCUT2D eigenvalue weighted by molar-refractivity contribution is -0.136. The minimum atomic E-state index is -0.789. The van der Waals surface area contributed by atoms with Gasteiger partial charge in [-0.1, -0.05) is 30.3 Å². The van der Waals surface area contributed by atoms with Gasteiger partial charge in [-0.25, -0.2) is 4.98 Å². The zero-order valence-corrected chi connectivity index (χ0v) is 15.7. The smallest absolute Gasteiger partial charge is 0.303 e. The molecule has 4 nitrogen and oxygen atoms in total. The third-order valence-corrected chi connectivity index (χ3v) is 4.72. The number of halogens is 1. The van der Waals surface area contributed by atoms with Crippen LogP contribution in [0.25, 0.3) is 22.2 Å². The fourth-order valence-corrected chi connectivity index (χ4v) is 3.09. The zero-order chi connectivity index (χ0) is 17.9. The van der Waals surface area contributed by atoms with Crippen LogP contribution in [0.4, 0.5) is 0 Å². The molecule has 1 aliphatic carbocycles. The summed E-state index contributed by atoms with van der Waals surface area (Å²) in [5.74, 6) is 0.777. The molecule has 1 aliphatic rings. The number of pyridine rings is 1. The predicted molar refractivity (Wildman–Crippen MR) is 109 cm³/mol. The minimum Gasteiger partial charge on any atom is -0.493 e. The van der Waals surface area contributed by atoms with Crippen LogP contribution >= 0.6 is 12.4 Å². The molecule has 3 aromatic rings. The number of rotatable bonds is 7. The summed E-state index contributed by atoms with van der Waals surface area (Å²) in [7, 11) is 0. The van der Waals surface area contributed by atoms with Crippen molar-refractivity contribution < 1.29 is 14.6 Å². The largest absolute Gasteiger partial charge is 0.493 e. The van der Waals surface area contributed by atoms with Crippen LogP contribution in [0.5, 0.6) is 5.75 Å². The fourth-order valence-electron chi connectivity index (χ4n) is 3.09. The van der Waals surface area contributed by atoms with Gasteiger partial charge in [-0.3, -0.25) is 4.79 Å². The van der Waals surface area contributed by atoms with Crippen molar-refractivity contribution in [3.8, 4) is 17.0 Å². The molecule has 1 aromatic heterocycles. The van der Waals surface area contributed by atoms with Crippen molar-refractivity contribution in [1.82, 2.24) is 4.98 Å². The Morgan fingerprint density at radius 3 is 2.70 bits per heavy atom. The molecule has 5 heteroatoms. The highest BCUT2D eigenvalue weighted by Crippen LogP contribution is 2.31. The molecule has 0 aliphatic heterocycles. The van der Waals surface area contributed by atoms with Crippen LogP contribution in [0.15, 0.2) is 54.6 Å². The summed E-state index contributed by atoms with van der Waals surface area (Å²) in [5, 5.41) is 10.1. The first-order chi connectivity index (χ1) is 12.7. The third-order valence-electron chi connectivity index (χ3n) is 4.72. The van der Waals surface area contributed by atoms with Crippen molar-refractivity contribution in [3.63, 3.8) is 0 Å². The first kappa shape index (κ1) is 19.2.